The summed E-state index contributed by atoms with van der Waals surface area (Å²) in [6.07, 6.45) is -3.32. The number of aromatic amines is 1. The van der Waals surface area contributed by atoms with Crippen LogP contribution in [-0.4, -0.2) is 16.3 Å². The van der Waals surface area contributed by atoms with Crippen molar-refractivity contribution in [3.8, 4) is 17.0 Å². The number of hydrogen-bond donors (Lipinski definition) is 2. The smallest absolute Gasteiger partial charge is 0.404 e. The molecule has 0 fully saturated rings. The number of imidazole rings is 1. The Morgan fingerprint density at radius 2 is 2.06 bits per heavy atom. The molecule has 0 radical (unpaired) electrons. The second-order valence-electron chi connectivity index (χ2n) is 3.38. The lowest BCUT2D eigenvalue weighted by atomic mass is 10.1. The van der Waals surface area contributed by atoms with E-state index in [2.05, 4.69) is 14.7 Å². The minimum atomic E-state index is -4.77. The van der Waals surface area contributed by atoms with Gasteiger partial charge in [0.25, 0.3) is 0 Å². The predicted octanol–water partition coefficient (Wildman–Crippen LogP) is 3.21. The summed E-state index contributed by atoms with van der Waals surface area (Å²) in [7, 11) is 0. The fourth-order valence-electron chi connectivity index (χ4n) is 1.36. The maximum absolute atomic E-state index is 12.0. The quantitative estimate of drug-likeness (QED) is 0.886. The molecule has 0 spiro atoms. The molecular weight excluding hydrogens is 271 g/mol. The highest BCUT2D eigenvalue weighted by molar-refractivity contribution is 6.32. The fraction of sp³-hybridized carbons (Fsp3) is 0.100. The van der Waals surface area contributed by atoms with Crippen LogP contribution in [0.5, 0.6) is 5.75 Å². The van der Waals surface area contributed by atoms with Crippen molar-refractivity contribution in [1.29, 1.82) is 0 Å². The molecule has 2 aromatic rings. The standard InChI is InChI=1S/C10H7ClF3N3O/c11-6-3-5(7-4-16-9(15)17-7)1-2-8(6)18-10(12,13)14/h1-4H,(H3,15,16,17). The van der Waals surface area contributed by atoms with Crippen molar-refractivity contribution < 1.29 is 17.9 Å². The van der Waals surface area contributed by atoms with Gasteiger partial charge in [0.2, 0.25) is 0 Å². The number of nitrogens with zero attached hydrogens (tertiary/aromatic N) is 1. The number of ether oxygens (including phenoxy) is 1. The molecule has 1 aromatic heterocycles. The molecule has 0 aliphatic heterocycles. The Morgan fingerprint density at radius 1 is 1.33 bits per heavy atom. The largest absolute Gasteiger partial charge is 0.573 e. The third kappa shape index (κ3) is 2.86. The first kappa shape index (κ1) is 12.6. The Bertz CT molecular complexity index is 568. The van der Waals surface area contributed by atoms with Crippen molar-refractivity contribution in [3.63, 3.8) is 0 Å². The molecule has 0 bridgehead atoms. The van der Waals surface area contributed by atoms with E-state index in [0.717, 1.165) is 6.07 Å². The van der Waals surface area contributed by atoms with Gasteiger partial charge in [-0.15, -0.1) is 13.2 Å². The second kappa shape index (κ2) is 4.41. The Labute approximate surface area is 105 Å². The lowest BCUT2D eigenvalue weighted by Gasteiger charge is -2.10. The number of alkyl halides is 3. The Balaban J connectivity index is 2.30. The van der Waals surface area contributed by atoms with E-state index in [1.807, 2.05) is 0 Å². The van der Waals surface area contributed by atoms with E-state index in [-0.39, 0.29) is 11.0 Å². The van der Waals surface area contributed by atoms with Crippen LogP contribution < -0.4 is 10.5 Å². The highest BCUT2D eigenvalue weighted by Gasteiger charge is 2.32. The lowest BCUT2D eigenvalue weighted by Crippen LogP contribution is -2.17. The fourth-order valence-corrected chi connectivity index (χ4v) is 1.58. The molecule has 1 aromatic carbocycles. The molecule has 8 heteroatoms. The topological polar surface area (TPSA) is 63.9 Å². The lowest BCUT2D eigenvalue weighted by molar-refractivity contribution is -0.274. The van der Waals surface area contributed by atoms with Crippen molar-refractivity contribution in [3.05, 3.63) is 29.4 Å². The monoisotopic (exact) mass is 277 g/mol. The summed E-state index contributed by atoms with van der Waals surface area (Å²) < 4.78 is 39.8. The van der Waals surface area contributed by atoms with E-state index in [1.54, 1.807) is 0 Å². The van der Waals surface area contributed by atoms with Gasteiger partial charge in [-0.1, -0.05) is 11.6 Å². The molecule has 4 nitrogen and oxygen atoms in total. The van der Waals surface area contributed by atoms with Gasteiger partial charge in [-0.3, -0.25) is 0 Å². The Morgan fingerprint density at radius 3 is 2.56 bits per heavy atom. The molecule has 18 heavy (non-hydrogen) atoms. The zero-order valence-corrected chi connectivity index (χ0v) is 9.51. The summed E-state index contributed by atoms with van der Waals surface area (Å²) in [6, 6.07) is 3.87. The average Bonchev–Trinajstić information content (AvgIpc) is 2.66. The zero-order valence-electron chi connectivity index (χ0n) is 8.75. The van der Waals surface area contributed by atoms with E-state index in [0.29, 0.717) is 11.3 Å². The van der Waals surface area contributed by atoms with Crippen LogP contribution >= 0.6 is 11.6 Å². The molecule has 2 rings (SSSR count). The van der Waals surface area contributed by atoms with Gasteiger partial charge in [0.05, 0.1) is 16.9 Å². The maximum Gasteiger partial charge on any atom is 0.573 e. The van der Waals surface area contributed by atoms with Gasteiger partial charge in [-0.05, 0) is 18.2 Å². The van der Waals surface area contributed by atoms with Crippen LogP contribution in [0.3, 0.4) is 0 Å². The summed E-state index contributed by atoms with van der Waals surface area (Å²) in [5.41, 5.74) is 6.50. The normalized spacial score (nSPS) is 11.6. The molecule has 1 heterocycles. The number of nitrogens with one attached hydrogen (secondary N) is 1. The van der Waals surface area contributed by atoms with Crippen LogP contribution in [-0.2, 0) is 0 Å². The Hall–Kier alpha value is -1.89. The zero-order chi connectivity index (χ0) is 13.3. The van der Waals surface area contributed by atoms with Crippen molar-refractivity contribution in [2.45, 2.75) is 6.36 Å². The van der Waals surface area contributed by atoms with Crippen LogP contribution in [0.4, 0.5) is 19.1 Å². The number of nitrogens with two attached hydrogens (primary N) is 1. The van der Waals surface area contributed by atoms with Gasteiger partial charge in [-0.2, -0.15) is 0 Å². The van der Waals surface area contributed by atoms with Crippen LogP contribution in [0.1, 0.15) is 0 Å². The number of H-pyrrole nitrogens is 1. The van der Waals surface area contributed by atoms with Gasteiger partial charge in [0, 0.05) is 5.56 Å². The third-order valence-electron chi connectivity index (χ3n) is 2.06. The molecule has 0 amide bonds. The second-order valence-corrected chi connectivity index (χ2v) is 3.78. The number of rotatable bonds is 2. The highest BCUT2D eigenvalue weighted by atomic mass is 35.5. The first-order valence-corrected chi connectivity index (χ1v) is 5.09. The SMILES string of the molecule is Nc1ncc(-c2ccc(OC(F)(F)F)c(Cl)c2)[nH]1. The molecule has 0 unspecified atom stereocenters. The van der Waals surface area contributed by atoms with E-state index in [1.165, 1.54) is 18.3 Å². The predicted molar refractivity (Wildman–Crippen MR) is 60.1 cm³/mol. The summed E-state index contributed by atoms with van der Waals surface area (Å²) in [6.45, 7) is 0. The molecule has 0 aliphatic rings. The third-order valence-corrected chi connectivity index (χ3v) is 2.36. The molecule has 3 N–H and O–H groups in total. The van der Waals surface area contributed by atoms with Crippen LogP contribution in [0.25, 0.3) is 11.3 Å². The summed E-state index contributed by atoms with van der Waals surface area (Å²) >= 11 is 5.70. The highest BCUT2D eigenvalue weighted by Crippen LogP contribution is 2.33. The van der Waals surface area contributed by atoms with Crippen LogP contribution in [0.15, 0.2) is 24.4 Å². The molecular formula is C10H7ClF3N3O. The number of benzene rings is 1. The van der Waals surface area contributed by atoms with Crippen LogP contribution in [0, 0.1) is 0 Å². The van der Waals surface area contributed by atoms with E-state index in [4.69, 9.17) is 17.3 Å². The van der Waals surface area contributed by atoms with Gasteiger partial charge < -0.3 is 15.5 Å². The molecule has 0 aliphatic carbocycles. The summed E-state index contributed by atoms with van der Waals surface area (Å²) in [5, 5.41) is -0.155. The first-order valence-electron chi connectivity index (χ1n) is 4.71. The first-order chi connectivity index (χ1) is 8.35. The Kier molecular flexibility index (Phi) is 3.08. The van der Waals surface area contributed by atoms with Crippen molar-refractivity contribution >= 4 is 17.5 Å². The molecule has 96 valence electrons. The maximum atomic E-state index is 12.0. The number of nitrogen functional groups attached to an aromatic ring is 1. The average molecular weight is 278 g/mol. The van der Waals surface area contributed by atoms with Crippen molar-refractivity contribution in [2.24, 2.45) is 0 Å². The van der Waals surface area contributed by atoms with Gasteiger partial charge in [0.1, 0.15) is 5.75 Å². The van der Waals surface area contributed by atoms with Crippen molar-refractivity contribution in [2.75, 3.05) is 5.73 Å². The number of halogens is 4. The van der Waals surface area contributed by atoms with E-state index < -0.39 is 12.1 Å². The van der Waals surface area contributed by atoms with Crippen LogP contribution in [0.2, 0.25) is 5.02 Å². The number of hydrogen-bond acceptors (Lipinski definition) is 3. The minimum Gasteiger partial charge on any atom is -0.404 e. The number of anilines is 1. The minimum absolute atomic E-state index is 0.155. The molecule has 0 saturated carbocycles. The summed E-state index contributed by atoms with van der Waals surface area (Å²) in [4.78, 5) is 6.50. The van der Waals surface area contributed by atoms with Gasteiger partial charge in [0.15, 0.2) is 5.95 Å². The van der Waals surface area contributed by atoms with Gasteiger partial charge >= 0.3 is 6.36 Å². The summed E-state index contributed by atoms with van der Waals surface area (Å²) in [5.74, 6) is -0.253. The van der Waals surface area contributed by atoms with E-state index in [9.17, 15) is 13.2 Å². The van der Waals surface area contributed by atoms with Crippen molar-refractivity contribution in [1.82, 2.24) is 9.97 Å². The molecule has 0 atom stereocenters. The molecule has 0 saturated heterocycles. The van der Waals surface area contributed by atoms with Gasteiger partial charge in [-0.25, -0.2) is 4.98 Å². The van der Waals surface area contributed by atoms with E-state index >= 15 is 0 Å². The number of aromatic nitrogens is 2.